The fourth-order valence-electron chi connectivity index (χ4n) is 3.18. The molecule has 8 heteroatoms. The molecule has 1 N–H and O–H groups in total. The van der Waals surface area contributed by atoms with Gasteiger partial charge in [0.05, 0.1) is 11.3 Å². The smallest absolute Gasteiger partial charge is 0.327 e. The van der Waals surface area contributed by atoms with Gasteiger partial charge in [0.25, 0.3) is 0 Å². The third-order valence-corrected chi connectivity index (χ3v) is 5.65. The molecule has 0 spiro atoms. The summed E-state index contributed by atoms with van der Waals surface area (Å²) < 4.78 is 16.3. The number of esters is 1. The third kappa shape index (κ3) is 4.27. The third-order valence-electron chi connectivity index (χ3n) is 4.71. The first kappa shape index (κ1) is 19.4. The van der Waals surface area contributed by atoms with E-state index in [4.69, 9.17) is 14.2 Å². The Morgan fingerprint density at radius 3 is 2.93 bits per heavy atom. The number of benzene rings is 1. The van der Waals surface area contributed by atoms with E-state index in [1.54, 1.807) is 11.3 Å². The zero-order valence-corrected chi connectivity index (χ0v) is 17.5. The molecule has 1 unspecified atom stereocenters. The lowest BCUT2D eigenvalue weighted by atomic mass is 10.1. The van der Waals surface area contributed by atoms with Gasteiger partial charge in [-0.25, -0.2) is 0 Å². The first-order chi connectivity index (χ1) is 14.0. The van der Waals surface area contributed by atoms with E-state index in [1.807, 2.05) is 45.0 Å². The number of rotatable bonds is 7. The number of hydrogen-bond donors (Lipinski definition) is 1. The molecule has 1 aromatic carbocycles. The fourth-order valence-corrected chi connectivity index (χ4v) is 4.05. The molecular formula is C21H23N3O4S. The quantitative estimate of drug-likeness (QED) is 0.563. The van der Waals surface area contributed by atoms with Gasteiger partial charge in [0, 0.05) is 11.4 Å². The topological polar surface area (TPSA) is 82.6 Å². The molecule has 152 valence electrons. The van der Waals surface area contributed by atoms with Crippen LogP contribution in [0.4, 0.5) is 5.82 Å². The maximum absolute atomic E-state index is 12.3. The molecule has 29 heavy (non-hydrogen) atoms. The van der Waals surface area contributed by atoms with Gasteiger partial charge >= 0.3 is 12.0 Å². The van der Waals surface area contributed by atoms with Crippen LogP contribution in [0.15, 0.2) is 24.3 Å². The van der Waals surface area contributed by atoms with Crippen molar-refractivity contribution in [2.45, 2.75) is 40.2 Å². The molecule has 0 radical (unpaired) electrons. The highest BCUT2D eigenvalue weighted by Crippen LogP contribution is 2.34. The van der Waals surface area contributed by atoms with Gasteiger partial charge in [-0.3, -0.25) is 4.79 Å². The van der Waals surface area contributed by atoms with Gasteiger partial charge in [-0.05, 0) is 37.1 Å². The van der Waals surface area contributed by atoms with Crippen LogP contribution in [0.5, 0.6) is 17.5 Å². The van der Waals surface area contributed by atoms with Crippen molar-refractivity contribution in [2.75, 3.05) is 12.1 Å². The zero-order valence-electron chi connectivity index (χ0n) is 16.7. The summed E-state index contributed by atoms with van der Waals surface area (Å²) in [5.41, 5.74) is 1.03. The second-order valence-electron chi connectivity index (χ2n) is 7.08. The second kappa shape index (κ2) is 8.24. The Kier molecular flexibility index (Phi) is 5.53. The minimum Gasteiger partial charge on any atom is -0.454 e. The average Bonchev–Trinajstić information content (AvgIpc) is 3.31. The van der Waals surface area contributed by atoms with Crippen molar-refractivity contribution in [2.24, 2.45) is 5.92 Å². The fraction of sp³-hybridized carbons (Fsp3) is 0.381. The molecular weight excluding hydrogens is 390 g/mol. The van der Waals surface area contributed by atoms with Gasteiger partial charge < -0.3 is 19.5 Å². The summed E-state index contributed by atoms with van der Waals surface area (Å²) in [6.07, 6.45) is 1.69. The Labute approximate surface area is 173 Å². The molecule has 0 saturated carbocycles. The zero-order chi connectivity index (χ0) is 20.4. The van der Waals surface area contributed by atoms with Crippen molar-refractivity contribution in [1.29, 1.82) is 0 Å². The van der Waals surface area contributed by atoms with E-state index in [2.05, 4.69) is 15.3 Å². The minimum atomic E-state index is -0.304. The first-order valence-electron chi connectivity index (χ1n) is 9.65. The molecule has 0 aliphatic carbocycles. The van der Waals surface area contributed by atoms with Crippen LogP contribution in [-0.2, 0) is 11.3 Å². The number of thiophene rings is 1. The van der Waals surface area contributed by atoms with Crippen LogP contribution in [-0.4, -0.2) is 22.7 Å². The Morgan fingerprint density at radius 2 is 2.10 bits per heavy atom. The number of ether oxygens (including phenoxy) is 3. The van der Waals surface area contributed by atoms with E-state index < -0.39 is 0 Å². The number of nitrogens with zero attached hydrogens (tertiary/aromatic N) is 2. The van der Waals surface area contributed by atoms with Crippen molar-refractivity contribution in [3.05, 3.63) is 34.7 Å². The van der Waals surface area contributed by atoms with Crippen LogP contribution >= 0.6 is 11.3 Å². The van der Waals surface area contributed by atoms with E-state index in [0.29, 0.717) is 12.4 Å². The normalized spacial score (nSPS) is 13.5. The van der Waals surface area contributed by atoms with E-state index in [-0.39, 0.29) is 24.7 Å². The monoisotopic (exact) mass is 413 g/mol. The average molecular weight is 413 g/mol. The predicted octanol–water partition coefficient (Wildman–Crippen LogP) is 4.68. The molecule has 0 bridgehead atoms. The van der Waals surface area contributed by atoms with Gasteiger partial charge in [0.1, 0.15) is 10.6 Å². The van der Waals surface area contributed by atoms with E-state index in [0.717, 1.165) is 45.0 Å². The summed E-state index contributed by atoms with van der Waals surface area (Å²) in [5.74, 6) is 1.64. The first-order valence-corrected chi connectivity index (χ1v) is 10.5. The highest BCUT2D eigenvalue weighted by atomic mass is 32.1. The molecule has 2 aromatic heterocycles. The van der Waals surface area contributed by atoms with Crippen LogP contribution in [0.3, 0.4) is 0 Å². The summed E-state index contributed by atoms with van der Waals surface area (Å²) in [5, 5.41) is 4.26. The van der Waals surface area contributed by atoms with Crippen LogP contribution < -0.4 is 19.5 Å². The lowest BCUT2D eigenvalue weighted by Crippen LogP contribution is -2.19. The molecule has 3 heterocycles. The summed E-state index contributed by atoms with van der Waals surface area (Å²) in [7, 11) is 0. The largest absolute Gasteiger partial charge is 0.454 e. The van der Waals surface area contributed by atoms with Crippen molar-refractivity contribution < 1.29 is 19.0 Å². The highest BCUT2D eigenvalue weighted by Gasteiger charge is 2.19. The maximum Gasteiger partial charge on any atom is 0.327 e. The number of aromatic nitrogens is 2. The molecule has 1 atom stereocenters. The SMILES string of the molecule is CCCC(C)C(=O)Oc1nc(NCc2ccc3c(c2)OCO3)c2cc(C)sc2n1. The van der Waals surface area contributed by atoms with Crippen molar-refractivity contribution >= 4 is 33.3 Å². The molecule has 0 amide bonds. The predicted molar refractivity (Wildman–Crippen MR) is 112 cm³/mol. The standard InChI is InChI=1S/C21H23N3O4S/c1-4-5-12(2)20(25)28-21-23-18(15-8-13(3)29-19(15)24-21)22-10-14-6-7-16-17(9-14)27-11-26-16/h6-9,12H,4-5,10-11H2,1-3H3,(H,22,23,24). The van der Waals surface area contributed by atoms with Gasteiger partial charge in [-0.2, -0.15) is 9.97 Å². The van der Waals surface area contributed by atoms with Crippen LogP contribution in [0.2, 0.25) is 0 Å². The van der Waals surface area contributed by atoms with E-state index in [1.165, 1.54) is 0 Å². The number of fused-ring (bicyclic) bond motifs is 2. The molecule has 3 aromatic rings. The molecule has 1 aliphatic heterocycles. The Balaban J connectivity index is 1.56. The summed E-state index contributed by atoms with van der Waals surface area (Å²) >= 11 is 1.55. The molecule has 7 nitrogen and oxygen atoms in total. The van der Waals surface area contributed by atoms with E-state index >= 15 is 0 Å². The number of carbonyl (C=O) groups excluding carboxylic acids is 1. The van der Waals surface area contributed by atoms with E-state index in [9.17, 15) is 4.79 Å². The van der Waals surface area contributed by atoms with Crippen LogP contribution in [0.25, 0.3) is 10.2 Å². The molecule has 1 aliphatic rings. The van der Waals surface area contributed by atoms with Crippen LogP contribution in [0, 0.1) is 12.8 Å². The number of aryl methyl sites for hydroxylation is 1. The maximum atomic E-state index is 12.3. The van der Waals surface area contributed by atoms with Gasteiger partial charge in [-0.15, -0.1) is 11.3 Å². The van der Waals surface area contributed by atoms with Gasteiger partial charge in [0.2, 0.25) is 6.79 Å². The molecule has 4 rings (SSSR count). The highest BCUT2D eigenvalue weighted by molar-refractivity contribution is 7.18. The number of carbonyl (C=O) groups is 1. The second-order valence-corrected chi connectivity index (χ2v) is 8.32. The van der Waals surface area contributed by atoms with Crippen molar-refractivity contribution in [3.63, 3.8) is 0 Å². The number of anilines is 1. The van der Waals surface area contributed by atoms with Crippen molar-refractivity contribution in [3.8, 4) is 17.5 Å². The molecule has 0 fully saturated rings. The van der Waals surface area contributed by atoms with Gasteiger partial charge in [-0.1, -0.05) is 26.3 Å². The Morgan fingerprint density at radius 1 is 1.28 bits per heavy atom. The summed E-state index contributed by atoms with van der Waals surface area (Å²) in [6.45, 7) is 6.70. The van der Waals surface area contributed by atoms with Gasteiger partial charge in [0.15, 0.2) is 11.5 Å². The number of nitrogens with one attached hydrogen (secondary N) is 1. The van der Waals surface area contributed by atoms with Crippen molar-refractivity contribution in [1.82, 2.24) is 9.97 Å². The molecule has 0 saturated heterocycles. The Bertz CT molecular complexity index is 1050. The lowest BCUT2D eigenvalue weighted by molar-refractivity contribution is -0.139. The summed E-state index contributed by atoms with van der Waals surface area (Å²) in [4.78, 5) is 23.1. The summed E-state index contributed by atoms with van der Waals surface area (Å²) in [6, 6.07) is 7.94. The van der Waals surface area contributed by atoms with Crippen LogP contribution in [0.1, 0.15) is 37.1 Å². The Hall–Kier alpha value is -2.87. The number of hydrogen-bond acceptors (Lipinski definition) is 8. The lowest BCUT2D eigenvalue weighted by Gasteiger charge is -2.11. The minimum absolute atomic E-state index is 0.0838.